The standard InChI is InChI=1S/C27H35N7O3S/c1-18(2)38-27-30-24(32-12-5-4-6-13-32)22-16-29-34(25(22)31-27)14-11-28-26(36)19-15-23(35)33(17-19)20-7-9-21(37-3)10-8-20/h7-10,16,18-19H,4-6,11-15,17H2,1-3H3,(H,28,36). The molecule has 1 aromatic carbocycles. The Balaban J connectivity index is 1.24. The van der Waals surface area contributed by atoms with Crippen LogP contribution in [0.25, 0.3) is 11.0 Å². The van der Waals surface area contributed by atoms with Crippen molar-refractivity contribution in [1.29, 1.82) is 0 Å². The predicted octanol–water partition coefficient (Wildman–Crippen LogP) is 3.50. The molecule has 1 atom stereocenters. The molecule has 2 aliphatic heterocycles. The van der Waals surface area contributed by atoms with Gasteiger partial charge in [0.05, 0.1) is 31.2 Å². The van der Waals surface area contributed by atoms with E-state index in [0.29, 0.717) is 24.9 Å². The zero-order valence-corrected chi connectivity index (χ0v) is 23.0. The minimum atomic E-state index is -0.388. The van der Waals surface area contributed by atoms with Crippen LogP contribution in [-0.4, -0.2) is 70.1 Å². The van der Waals surface area contributed by atoms with Crippen molar-refractivity contribution < 1.29 is 14.3 Å². The number of aromatic nitrogens is 4. The number of amides is 2. The Morgan fingerprint density at radius 3 is 2.63 bits per heavy atom. The zero-order chi connectivity index (χ0) is 26.6. The topological polar surface area (TPSA) is 105 Å². The molecule has 3 aromatic rings. The van der Waals surface area contributed by atoms with Gasteiger partial charge in [0.25, 0.3) is 0 Å². The normalized spacial score (nSPS) is 18.0. The van der Waals surface area contributed by atoms with E-state index >= 15 is 0 Å². The third-order valence-corrected chi connectivity index (χ3v) is 7.82. The summed E-state index contributed by atoms with van der Waals surface area (Å²) in [5.41, 5.74) is 1.56. The molecular weight excluding hydrogens is 502 g/mol. The number of carbonyl (C=O) groups is 2. The Morgan fingerprint density at radius 1 is 1.16 bits per heavy atom. The summed E-state index contributed by atoms with van der Waals surface area (Å²) in [6.45, 7) is 7.51. The second-order valence-electron chi connectivity index (χ2n) is 10.0. The number of anilines is 2. The monoisotopic (exact) mass is 537 g/mol. The SMILES string of the molecule is COc1ccc(N2CC(C(=O)NCCn3ncc4c(N5CCCCC5)nc(SC(C)C)nc43)CC2=O)cc1. The molecule has 1 unspecified atom stereocenters. The highest BCUT2D eigenvalue weighted by molar-refractivity contribution is 7.99. The number of ether oxygens (including phenoxy) is 1. The number of fused-ring (bicyclic) bond motifs is 1. The zero-order valence-electron chi connectivity index (χ0n) is 22.2. The summed E-state index contributed by atoms with van der Waals surface area (Å²) >= 11 is 1.65. The molecule has 0 aliphatic carbocycles. The van der Waals surface area contributed by atoms with Crippen LogP contribution in [0.4, 0.5) is 11.5 Å². The first-order valence-corrected chi connectivity index (χ1v) is 14.2. The lowest BCUT2D eigenvalue weighted by Gasteiger charge is -2.28. The molecule has 2 fully saturated rings. The number of nitrogens with one attached hydrogen (secondary N) is 1. The van der Waals surface area contributed by atoms with E-state index in [9.17, 15) is 9.59 Å². The minimum Gasteiger partial charge on any atom is -0.497 e. The van der Waals surface area contributed by atoms with Gasteiger partial charge in [-0.25, -0.2) is 14.6 Å². The van der Waals surface area contributed by atoms with Crippen molar-refractivity contribution in [3.05, 3.63) is 30.5 Å². The van der Waals surface area contributed by atoms with Crippen molar-refractivity contribution in [1.82, 2.24) is 25.1 Å². The number of thioether (sulfide) groups is 1. The van der Waals surface area contributed by atoms with Crippen LogP contribution in [0.5, 0.6) is 5.75 Å². The first kappa shape index (κ1) is 26.3. The molecule has 5 rings (SSSR count). The van der Waals surface area contributed by atoms with Gasteiger partial charge in [0.2, 0.25) is 11.8 Å². The third kappa shape index (κ3) is 5.72. The van der Waals surface area contributed by atoms with Crippen LogP contribution >= 0.6 is 11.8 Å². The Bertz CT molecular complexity index is 1290. The highest BCUT2D eigenvalue weighted by atomic mass is 32.2. The molecule has 2 saturated heterocycles. The molecule has 202 valence electrons. The molecule has 38 heavy (non-hydrogen) atoms. The molecule has 1 N–H and O–H groups in total. The van der Waals surface area contributed by atoms with E-state index in [1.807, 2.05) is 35.1 Å². The lowest BCUT2D eigenvalue weighted by molar-refractivity contribution is -0.126. The summed E-state index contributed by atoms with van der Waals surface area (Å²) in [4.78, 5) is 39.3. The van der Waals surface area contributed by atoms with E-state index in [1.165, 1.54) is 6.42 Å². The van der Waals surface area contributed by atoms with Gasteiger partial charge >= 0.3 is 0 Å². The fourth-order valence-electron chi connectivity index (χ4n) is 5.02. The number of benzene rings is 1. The summed E-state index contributed by atoms with van der Waals surface area (Å²) in [6.07, 6.45) is 5.62. The molecule has 0 radical (unpaired) electrons. The highest BCUT2D eigenvalue weighted by Gasteiger charge is 2.35. The lowest BCUT2D eigenvalue weighted by Crippen LogP contribution is -2.35. The Hall–Kier alpha value is -3.34. The Morgan fingerprint density at radius 2 is 1.92 bits per heavy atom. The largest absolute Gasteiger partial charge is 0.497 e. The number of methoxy groups -OCH3 is 1. The first-order valence-electron chi connectivity index (χ1n) is 13.3. The summed E-state index contributed by atoms with van der Waals surface area (Å²) in [5, 5.41) is 9.67. The van der Waals surface area contributed by atoms with Crippen LogP contribution in [0.2, 0.25) is 0 Å². The number of piperidine rings is 1. The molecule has 2 amide bonds. The van der Waals surface area contributed by atoms with Gasteiger partial charge in [-0.1, -0.05) is 25.6 Å². The fourth-order valence-corrected chi connectivity index (χ4v) is 5.72. The maximum atomic E-state index is 12.9. The highest BCUT2D eigenvalue weighted by Crippen LogP contribution is 2.31. The van der Waals surface area contributed by atoms with Crippen molar-refractivity contribution in [2.75, 3.05) is 43.1 Å². The average Bonchev–Trinajstić information content (AvgIpc) is 3.52. The number of hydrogen-bond donors (Lipinski definition) is 1. The van der Waals surface area contributed by atoms with Crippen molar-refractivity contribution in [2.45, 2.75) is 56.5 Å². The molecule has 0 bridgehead atoms. The Labute approximate surface area is 227 Å². The van der Waals surface area contributed by atoms with Crippen LogP contribution in [0.3, 0.4) is 0 Å². The second kappa shape index (κ2) is 11.6. The molecule has 0 saturated carbocycles. The van der Waals surface area contributed by atoms with E-state index in [4.69, 9.17) is 14.7 Å². The van der Waals surface area contributed by atoms with Crippen LogP contribution in [0.15, 0.2) is 35.6 Å². The molecule has 2 aromatic heterocycles. The maximum Gasteiger partial charge on any atom is 0.227 e. The van der Waals surface area contributed by atoms with Gasteiger partial charge in [-0.05, 0) is 43.5 Å². The number of hydrogen-bond acceptors (Lipinski definition) is 8. The lowest BCUT2D eigenvalue weighted by atomic mass is 10.1. The van der Waals surface area contributed by atoms with Gasteiger partial charge < -0.3 is 19.9 Å². The van der Waals surface area contributed by atoms with Gasteiger partial charge in [0.15, 0.2) is 10.8 Å². The van der Waals surface area contributed by atoms with Crippen LogP contribution in [-0.2, 0) is 16.1 Å². The van der Waals surface area contributed by atoms with Gasteiger partial charge in [-0.15, -0.1) is 0 Å². The van der Waals surface area contributed by atoms with Gasteiger partial charge in [0, 0.05) is 43.5 Å². The first-order chi connectivity index (χ1) is 18.4. The van der Waals surface area contributed by atoms with Crippen molar-refractivity contribution in [3.63, 3.8) is 0 Å². The predicted molar refractivity (Wildman–Crippen MR) is 149 cm³/mol. The third-order valence-electron chi connectivity index (χ3n) is 6.96. The van der Waals surface area contributed by atoms with E-state index in [-0.39, 0.29) is 24.2 Å². The van der Waals surface area contributed by atoms with Crippen LogP contribution in [0.1, 0.15) is 39.5 Å². The summed E-state index contributed by atoms with van der Waals surface area (Å²) < 4.78 is 7.04. The molecule has 0 spiro atoms. The van der Waals surface area contributed by atoms with Crippen LogP contribution in [0, 0.1) is 5.92 Å². The fraction of sp³-hybridized carbons (Fsp3) is 0.519. The van der Waals surface area contributed by atoms with Gasteiger partial charge in [-0.2, -0.15) is 5.10 Å². The number of rotatable bonds is 9. The van der Waals surface area contributed by atoms with Crippen LogP contribution < -0.4 is 19.9 Å². The minimum absolute atomic E-state index is 0.0505. The molecule has 10 nitrogen and oxygen atoms in total. The summed E-state index contributed by atoms with van der Waals surface area (Å²) in [7, 11) is 1.60. The van der Waals surface area contributed by atoms with Gasteiger partial charge in [0.1, 0.15) is 11.6 Å². The van der Waals surface area contributed by atoms with Crippen molar-refractivity contribution in [3.8, 4) is 5.75 Å². The quantitative estimate of drug-likeness (QED) is 0.327. The van der Waals surface area contributed by atoms with E-state index in [1.54, 1.807) is 23.8 Å². The number of carbonyl (C=O) groups excluding carboxylic acids is 2. The van der Waals surface area contributed by atoms with E-state index in [2.05, 4.69) is 29.2 Å². The summed E-state index contributed by atoms with van der Waals surface area (Å²) in [6, 6.07) is 7.31. The van der Waals surface area contributed by atoms with E-state index < -0.39 is 0 Å². The smallest absolute Gasteiger partial charge is 0.227 e. The molecule has 11 heteroatoms. The molecule has 4 heterocycles. The molecule has 2 aliphatic rings. The average molecular weight is 538 g/mol. The number of nitrogens with zero attached hydrogens (tertiary/aromatic N) is 6. The Kier molecular flexibility index (Phi) is 8.01. The van der Waals surface area contributed by atoms with Crippen molar-refractivity contribution >= 4 is 46.1 Å². The second-order valence-corrected chi connectivity index (χ2v) is 11.6. The van der Waals surface area contributed by atoms with E-state index in [0.717, 1.165) is 59.4 Å². The van der Waals surface area contributed by atoms with Crippen molar-refractivity contribution in [2.24, 2.45) is 5.92 Å². The van der Waals surface area contributed by atoms with Gasteiger partial charge in [-0.3, -0.25) is 9.59 Å². The maximum absolute atomic E-state index is 12.9. The molecular formula is C27H35N7O3S. The summed E-state index contributed by atoms with van der Waals surface area (Å²) in [5.74, 6) is 1.12.